The number of nitrogens with two attached hydrogens (primary N) is 1. The highest BCUT2D eigenvalue weighted by atomic mass is 35.5. The minimum atomic E-state index is -0.585. The minimum absolute atomic E-state index is 0. The lowest BCUT2D eigenvalue weighted by atomic mass is 10.1. The molecule has 2 aromatic rings. The standard InChI is InChI=1S/C18H21ClN4O3.ClH/c19-16-7-6-15(12-17(16)23(25)26)21-18(24)13-22(11-9-20)10-8-14-4-2-1-3-5-14;/h1-7,12H,8-11,13,20H2,(H,21,24);1H. The second kappa shape index (κ2) is 11.5. The smallest absolute Gasteiger partial charge is 0.289 e. The first-order chi connectivity index (χ1) is 12.5. The maximum atomic E-state index is 12.3. The number of nitro benzene ring substituents is 1. The Bertz CT molecular complexity index is 760. The molecule has 1 amide bonds. The fourth-order valence-electron chi connectivity index (χ4n) is 2.52. The quantitative estimate of drug-likeness (QED) is 0.486. The van der Waals surface area contributed by atoms with Gasteiger partial charge >= 0.3 is 0 Å². The molecule has 3 N–H and O–H groups in total. The van der Waals surface area contributed by atoms with Gasteiger partial charge in [0.05, 0.1) is 11.5 Å². The summed E-state index contributed by atoms with van der Waals surface area (Å²) in [6.07, 6.45) is 0.806. The topological polar surface area (TPSA) is 102 Å². The van der Waals surface area contributed by atoms with Crippen LogP contribution in [0.25, 0.3) is 0 Å². The third kappa shape index (κ3) is 7.52. The van der Waals surface area contributed by atoms with Gasteiger partial charge in [-0.25, -0.2) is 0 Å². The van der Waals surface area contributed by atoms with Crippen LogP contribution in [0.15, 0.2) is 48.5 Å². The van der Waals surface area contributed by atoms with Gasteiger partial charge in [-0.05, 0) is 24.1 Å². The first-order valence-corrected chi connectivity index (χ1v) is 8.57. The number of nitro groups is 1. The van der Waals surface area contributed by atoms with Crippen molar-refractivity contribution in [2.24, 2.45) is 5.73 Å². The molecule has 0 spiro atoms. The van der Waals surface area contributed by atoms with Gasteiger partial charge < -0.3 is 11.1 Å². The number of anilines is 1. The Morgan fingerprint density at radius 3 is 2.52 bits per heavy atom. The molecule has 2 aromatic carbocycles. The van der Waals surface area contributed by atoms with Crippen molar-refractivity contribution in [1.29, 1.82) is 0 Å². The summed E-state index contributed by atoms with van der Waals surface area (Å²) in [7, 11) is 0. The summed E-state index contributed by atoms with van der Waals surface area (Å²) in [5.74, 6) is -0.261. The zero-order valence-corrected chi connectivity index (χ0v) is 16.2. The second-order valence-corrected chi connectivity index (χ2v) is 6.18. The SMILES string of the molecule is Cl.NCCN(CCc1ccccc1)CC(=O)Nc1ccc(Cl)c([N+](=O)[O-])c1. The lowest BCUT2D eigenvalue weighted by Gasteiger charge is -2.21. The van der Waals surface area contributed by atoms with Crippen molar-refractivity contribution in [1.82, 2.24) is 4.90 Å². The van der Waals surface area contributed by atoms with Crippen LogP contribution in [0.5, 0.6) is 0 Å². The number of hydrogen-bond acceptors (Lipinski definition) is 5. The molecule has 0 atom stereocenters. The van der Waals surface area contributed by atoms with Gasteiger partial charge in [0.15, 0.2) is 0 Å². The maximum Gasteiger partial charge on any atom is 0.289 e. The molecular formula is C18H22Cl2N4O3. The fraction of sp³-hybridized carbons (Fsp3) is 0.278. The summed E-state index contributed by atoms with van der Waals surface area (Å²) >= 11 is 5.78. The number of benzene rings is 2. The van der Waals surface area contributed by atoms with Crippen molar-refractivity contribution in [3.05, 3.63) is 69.2 Å². The maximum absolute atomic E-state index is 12.3. The summed E-state index contributed by atoms with van der Waals surface area (Å²) < 4.78 is 0. The number of halogens is 2. The van der Waals surface area contributed by atoms with E-state index >= 15 is 0 Å². The average molecular weight is 413 g/mol. The molecule has 0 aromatic heterocycles. The van der Waals surface area contributed by atoms with Crippen molar-refractivity contribution in [2.45, 2.75) is 6.42 Å². The third-order valence-corrected chi connectivity index (χ3v) is 4.12. The van der Waals surface area contributed by atoms with E-state index in [1.54, 1.807) is 0 Å². The van der Waals surface area contributed by atoms with Gasteiger partial charge in [0.1, 0.15) is 5.02 Å². The first-order valence-electron chi connectivity index (χ1n) is 8.19. The monoisotopic (exact) mass is 412 g/mol. The van der Waals surface area contributed by atoms with Crippen molar-refractivity contribution in [3.63, 3.8) is 0 Å². The van der Waals surface area contributed by atoms with Crippen molar-refractivity contribution in [2.75, 3.05) is 31.5 Å². The molecule has 0 fully saturated rings. The van der Waals surface area contributed by atoms with Crippen LogP contribution < -0.4 is 11.1 Å². The fourth-order valence-corrected chi connectivity index (χ4v) is 2.70. The lowest BCUT2D eigenvalue weighted by molar-refractivity contribution is -0.384. The van der Waals surface area contributed by atoms with Crippen LogP contribution >= 0.6 is 24.0 Å². The van der Waals surface area contributed by atoms with Crippen LogP contribution in [0.2, 0.25) is 5.02 Å². The predicted octanol–water partition coefficient (Wildman–Crippen LogP) is 3.11. The summed E-state index contributed by atoms with van der Waals surface area (Å²) in [5.41, 5.74) is 6.91. The van der Waals surface area contributed by atoms with Crippen LogP contribution in [-0.2, 0) is 11.2 Å². The minimum Gasteiger partial charge on any atom is -0.329 e. The number of hydrogen-bond donors (Lipinski definition) is 2. The second-order valence-electron chi connectivity index (χ2n) is 5.77. The average Bonchev–Trinajstić information content (AvgIpc) is 2.62. The van der Waals surface area contributed by atoms with E-state index in [1.807, 2.05) is 35.2 Å². The molecule has 0 radical (unpaired) electrons. The zero-order valence-electron chi connectivity index (χ0n) is 14.6. The first kappa shape index (κ1) is 22.9. The van der Waals surface area contributed by atoms with Crippen LogP contribution in [0, 0.1) is 10.1 Å². The van der Waals surface area contributed by atoms with Gasteiger partial charge in [-0.15, -0.1) is 12.4 Å². The Balaban J connectivity index is 0.00000364. The molecule has 0 saturated heterocycles. The number of nitrogens with zero attached hydrogens (tertiary/aromatic N) is 2. The molecule has 2 rings (SSSR count). The van der Waals surface area contributed by atoms with E-state index in [0.717, 1.165) is 6.42 Å². The Hall–Kier alpha value is -2.19. The van der Waals surface area contributed by atoms with E-state index < -0.39 is 4.92 Å². The van der Waals surface area contributed by atoms with Gasteiger partial charge in [-0.1, -0.05) is 41.9 Å². The van der Waals surface area contributed by atoms with Crippen molar-refractivity contribution in [3.8, 4) is 0 Å². The number of carbonyl (C=O) groups is 1. The van der Waals surface area contributed by atoms with Crippen LogP contribution in [0.3, 0.4) is 0 Å². The Morgan fingerprint density at radius 1 is 1.19 bits per heavy atom. The largest absolute Gasteiger partial charge is 0.329 e. The Kier molecular flexibility index (Phi) is 9.74. The number of rotatable bonds is 9. The van der Waals surface area contributed by atoms with Gasteiger partial charge in [0.2, 0.25) is 5.91 Å². The number of nitrogens with one attached hydrogen (secondary N) is 1. The molecule has 0 unspecified atom stereocenters. The van der Waals surface area contributed by atoms with Gasteiger partial charge in [0.25, 0.3) is 5.69 Å². The molecule has 0 aliphatic rings. The Labute approximate surface area is 169 Å². The molecule has 0 saturated carbocycles. The highest BCUT2D eigenvalue weighted by Crippen LogP contribution is 2.27. The van der Waals surface area contributed by atoms with E-state index in [4.69, 9.17) is 17.3 Å². The van der Waals surface area contributed by atoms with E-state index in [9.17, 15) is 14.9 Å². The molecule has 0 heterocycles. The molecule has 0 aliphatic heterocycles. The molecule has 0 bridgehead atoms. The van der Waals surface area contributed by atoms with Gasteiger partial charge in [-0.3, -0.25) is 19.8 Å². The zero-order chi connectivity index (χ0) is 18.9. The van der Waals surface area contributed by atoms with Gasteiger partial charge in [0, 0.05) is 31.4 Å². The van der Waals surface area contributed by atoms with E-state index in [2.05, 4.69) is 5.32 Å². The lowest BCUT2D eigenvalue weighted by Crippen LogP contribution is -2.38. The molecular weight excluding hydrogens is 391 g/mol. The highest BCUT2D eigenvalue weighted by molar-refractivity contribution is 6.32. The molecule has 7 nitrogen and oxygen atoms in total. The van der Waals surface area contributed by atoms with Crippen LogP contribution in [0.4, 0.5) is 11.4 Å². The molecule has 146 valence electrons. The number of amides is 1. The normalized spacial score (nSPS) is 10.3. The predicted molar refractivity (Wildman–Crippen MR) is 110 cm³/mol. The van der Waals surface area contributed by atoms with Crippen LogP contribution in [-0.4, -0.2) is 41.9 Å². The van der Waals surface area contributed by atoms with E-state index in [1.165, 1.54) is 23.8 Å². The number of carbonyl (C=O) groups excluding carboxylic acids is 1. The van der Waals surface area contributed by atoms with Crippen LogP contribution in [0.1, 0.15) is 5.56 Å². The van der Waals surface area contributed by atoms with Crippen molar-refractivity contribution < 1.29 is 9.72 Å². The molecule has 9 heteroatoms. The molecule has 27 heavy (non-hydrogen) atoms. The summed E-state index contributed by atoms with van der Waals surface area (Å²) in [5, 5.41) is 13.6. The van der Waals surface area contributed by atoms with E-state index in [0.29, 0.717) is 25.3 Å². The van der Waals surface area contributed by atoms with Gasteiger partial charge in [-0.2, -0.15) is 0 Å². The van der Waals surface area contributed by atoms with Crippen molar-refractivity contribution >= 4 is 41.3 Å². The van der Waals surface area contributed by atoms with E-state index in [-0.39, 0.29) is 35.6 Å². The summed E-state index contributed by atoms with van der Waals surface area (Å²) in [4.78, 5) is 24.6. The Morgan fingerprint density at radius 2 is 1.89 bits per heavy atom. The summed E-state index contributed by atoms with van der Waals surface area (Å²) in [6, 6.07) is 14.1. The highest BCUT2D eigenvalue weighted by Gasteiger charge is 2.15. The molecule has 0 aliphatic carbocycles. The third-order valence-electron chi connectivity index (χ3n) is 3.80. The summed E-state index contributed by atoms with van der Waals surface area (Å²) in [6.45, 7) is 1.87.